The molecular formula is C20H38O4. The summed E-state index contributed by atoms with van der Waals surface area (Å²) in [5, 5.41) is 15.8. The van der Waals surface area contributed by atoms with Crippen LogP contribution in [0.25, 0.3) is 0 Å². The van der Waals surface area contributed by atoms with Gasteiger partial charge in [-0.3, -0.25) is 4.79 Å². The smallest absolute Gasteiger partial charge is 0.327 e. The standard InChI is InChI=1S/C18H34O2.C2H4O2/c1-2-3-4-5-6-7-8-9-10-11-12-13-14-15-16-17-18(19)20;1-2(3)4/h16-17H,2-15H2,1H3,(H,19,20);1H3,(H,3,4)/b17-16+;. The fourth-order valence-electron chi connectivity index (χ4n) is 2.46. The molecule has 0 heterocycles. The Kier molecular flexibility index (Phi) is 22.5. The van der Waals surface area contributed by atoms with Crippen molar-refractivity contribution >= 4 is 11.9 Å². The summed E-state index contributed by atoms with van der Waals surface area (Å²) in [7, 11) is 0. The summed E-state index contributed by atoms with van der Waals surface area (Å²) >= 11 is 0. The van der Waals surface area contributed by atoms with Gasteiger partial charge in [0, 0.05) is 13.0 Å². The van der Waals surface area contributed by atoms with Crippen LogP contribution in [0.5, 0.6) is 0 Å². The maximum Gasteiger partial charge on any atom is 0.327 e. The van der Waals surface area contributed by atoms with Gasteiger partial charge in [-0.25, -0.2) is 4.79 Å². The van der Waals surface area contributed by atoms with Gasteiger partial charge in [0.15, 0.2) is 0 Å². The van der Waals surface area contributed by atoms with Crippen molar-refractivity contribution in [2.75, 3.05) is 0 Å². The molecule has 0 fully saturated rings. The molecule has 0 radical (unpaired) electrons. The molecule has 0 amide bonds. The zero-order valence-corrected chi connectivity index (χ0v) is 15.8. The first-order valence-corrected chi connectivity index (χ1v) is 9.59. The molecular weight excluding hydrogens is 304 g/mol. The number of rotatable bonds is 15. The van der Waals surface area contributed by atoms with E-state index in [9.17, 15) is 4.79 Å². The Labute approximate surface area is 148 Å². The zero-order chi connectivity index (χ0) is 18.5. The number of aliphatic carboxylic acids is 2. The third kappa shape index (κ3) is 32.6. The third-order valence-corrected chi connectivity index (χ3v) is 3.73. The fraction of sp³-hybridized carbons (Fsp3) is 0.800. The van der Waals surface area contributed by atoms with Crippen molar-refractivity contribution in [3.8, 4) is 0 Å². The first kappa shape index (κ1) is 24.9. The van der Waals surface area contributed by atoms with Crippen molar-refractivity contribution in [1.29, 1.82) is 0 Å². The molecule has 24 heavy (non-hydrogen) atoms. The van der Waals surface area contributed by atoms with E-state index < -0.39 is 11.9 Å². The number of hydrogen-bond donors (Lipinski definition) is 2. The summed E-state index contributed by atoms with van der Waals surface area (Å²) in [5.41, 5.74) is 0. The second-order valence-electron chi connectivity index (χ2n) is 6.29. The first-order valence-electron chi connectivity index (χ1n) is 9.59. The van der Waals surface area contributed by atoms with Crippen LogP contribution in [0, 0.1) is 0 Å². The molecule has 0 rings (SSSR count). The van der Waals surface area contributed by atoms with Crippen molar-refractivity contribution in [3.63, 3.8) is 0 Å². The Morgan fingerprint density at radius 2 is 1.04 bits per heavy atom. The molecule has 0 unspecified atom stereocenters. The van der Waals surface area contributed by atoms with E-state index in [1.165, 1.54) is 83.1 Å². The lowest BCUT2D eigenvalue weighted by Crippen LogP contribution is -1.86. The number of carboxylic acid groups (broad SMARTS) is 2. The van der Waals surface area contributed by atoms with E-state index >= 15 is 0 Å². The Morgan fingerprint density at radius 1 is 0.708 bits per heavy atom. The topological polar surface area (TPSA) is 74.6 Å². The van der Waals surface area contributed by atoms with Gasteiger partial charge in [0.25, 0.3) is 5.97 Å². The molecule has 4 nitrogen and oxygen atoms in total. The van der Waals surface area contributed by atoms with Crippen molar-refractivity contribution in [1.82, 2.24) is 0 Å². The Morgan fingerprint density at radius 3 is 1.38 bits per heavy atom. The normalized spacial score (nSPS) is 10.4. The van der Waals surface area contributed by atoms with Crippen LogP contribution in [0.15, 0.2) is 12.2 Å². The number of hydrogen-bond acceptors (Lipinski definition) is 2. The van der Waals surface area contributed by atoms with E-state index in [1.54, 1.807) is 6.08 Å². The van der Waals surface area contributed by atoms with Gasteiger partial charge in [-0.2, -0.15) is 0 Å². The molecule has 0 saturated carbocycles. The fourth-order valence-corrected chi connectivity index (χ4v) is 2.46. The van der Waals surface area contributed by atoms with Crippen molar-refractivity contribution in [2.24, 2.45) is 0 Å². The maximum absolute atomic E-state index is 10.2. The Bertz CT molecular complexity index is 307. The van der Waals surface area contributed by atoms with E-state index in [4.69, 9.17) is 15.0 Å². The van der Waals surface area contributed by atoms with Crippen LogP contribution in [-0.2, 0) is 9.59 Å². The van der Waals surface area contributed by atoms with Crippen molar-refractivity contribution < 1.29 is 19.8 Å². The lowest BCUT2D eigenvalue weighted by Gasteiger charge is -2.02. The highest BCUT2D eigenvalue weighted by Gasteiger charge is 1.93. The third-order valence-electron chi connectivity index (χ3n) is 3.73. The van der Waals surface area contributed by atoms with Gasteiger partial charge in [0.1, 0.15) is 0 Å². The van der Waals surface area contributed by atoms with E-state index in [2.05, 4.69) is 6.92 Å². The van der Waals surface area contributed by atoms with Crippen LogP contribution in [0.4, 0.5) is 0 Å². The molecule has 2 N–H and O–H groups in total. The summed E-state index contributed by atoms with van der Waals surface area (Å²) < 4.78 is 0. The zero-order valence-electron chi connectivity index (χ0n) is 15.8. The first-order chi connectivity index (χ1) is 11.5. The maximum atomic E-state index is 10.2. The molecule has 0 aliphatic heterocycles. The highest BCUT2D eigenvalue weighted by Crippen LogP contribution is 2.12. The van der Waals surface area contributed by atoms with Crippen LogP contribution < -0.4 is 0 Å². The quantitative estimate of drug-likeness (QED) is 0.274. The largest absolute Gasteiger partial charge is 0.481 e. The van der Waals surface area contributed by atoms with Gasteiger partial charge in [-0.05, 0) is 12.8 Å². The monoisotopic (exact) mass is 342 g/mol. The summed E-state index contributed by atoms with van der Waals surface area (Å²) in [6.45, 7) is 3.35. The molecule has 0 aliphatic rings. The highest BCUT2D eigenvalue weighted by atomic mass is 16.4. The summed E-state index contributed by atoms with van der Waals surface area (Å²) in [4.78, 5) is 19.2. The SMILES string of the molecule is CC(=O)O.CCCCCCCCCCCCCCC/C=C/C(=O)O. The summed E-state index contributed by atoms with van der Waals surface area (Å²) in [6.07, 6.45) is 21.6. The molecule has 0 spiro atoms. The molecule has 4 heteroatoms. The highest BCUT2D eigenvalue weighted by molar-refractivity contribution is 5.79. The van der Waals surface area contributed by atoms with E-state index in [0.29, 0.717) is 0 Å². The van der Waals surface area contributed by atoms with Gasteiger partial charge in [-0.1, -0.05) is 90.0 Å². The van der Waals surface area contributed by atoms with Crippen LogP contribution in [0.2, 0.25) is 0 Å². The van der Waals surface area contributed by atoms with E-state index in [1.807, 2.05) is 0 Å². The Balaban J connectivity index is 0. The molecule has 0 aromatic rings. The van der Waals surface area contributed by atoms with Crippen LogP contribution in [0.1, 0.15) is 104 Å². The van der Waals surface area contributed by atoms with E-state index in [-0.39, 0.29) is 0 Å². The predicted molar refractivity (Wildman–Crippen MR) is 100 cm³/mol. The lowest BCUT2D eigenvalue weighted by molar-refractivity contribution is -0.134. The molecule has 0 aliphatic carbocycles. The molecule has 0 saturated heterocycles. The molecule has 0 atom stereocenters. The average molecular weight is 343 g/mol. The van der Waals surface area contributed by atoms with Crippen molar-refractivity contribution in [2.45, 2.75) is 104 Å². The number of carboxylic acids is 2. The molecule has 142 valence electrons. The number of carbonyl (C=O) groups is 2. The minimum absolute atomic E-state index is 0.833. The number of allylic oxidation sites excluding steroid dienone is 1. The molecule has 0 aromatic carbocycles. The molecule has 0 bridgehead atoms. The van der Waals surface area contributed by atoms with Crippen LogP contribution >= 0.6 is 0 Å². The van der Waals surface area contributed by atoms with Gasteiger partial charge in [0.05, 0.1) is 0 Å². The minimum atomic E-state index is -0.834. The summed E-state index contributed by atoms with van der Waals surface area (Å²) in [6, 6.07) is 0. The average Bonchev–Trinajstić information content (AvgIpc) is 2.50. The van der Waals surface area contributed by atoms with Crippen LogP contribution in [-0.4, -0.2) is 22.2 Å². The van der Waals surface area contributed by atoms with Gasteiger partial charge >= 0.3 is 5.97 Å². The predicted octanol–water partition coefficient (Wildman–Crippen LogP) is 6.20. The molecule has 0 aromatic heterocycles. The second kappa shape index (κ2) is 21.7. The van der Waals surface area contributed by atoms with Gasteiger partial charge < -0.3 is 10.2 Å². The minimum Gasteiger partial charge on any atom is -0.481 e. The lowest BCUT2D eigenvalue weighted by atomic mass is 10.0. The second-order valence-corrected chi connectivity index (χ2v) is 6.29. The number of unbranched alkanes of at least 4 members (excludes halogenated alkanes) is 13. The Hall–Kier alpha value is -1.32. The van der Waals surface area contributed by atoms with Crippen molar-refractivity contribution in [3.05, 3.63) is 12.2 Å². The van der Waals surface area contributed by atoms with Crippen LogP contribution in [0.3, 0.4) is 0 Å². The van der Waals surface area contributed by atoms with Gasteiger partial charge in [-0.15, -0.1) is 0 Å². The van der Waals surface area contributed by atoms with E-state index in [0.717, 1.165) is 19.8 Å². The summed E-state index contributed by atoms with van der Waals surface area (Å²) in [5.74, 6) is -1.67. The van der Waals surface area contributed by atoms with Gasteiger partial charge in [0.2, 0.25) is 0 Å².